The van der Waals surface area contributed by atoms with Gasteiger partial charge in [-0.15, -0.1) is 0 Å². The molecular formula is C16H21NO4. The number of nitrogens with one attached hydrogen (secondary N) is 1. The van der Waals surface area contributed by atoms with Gasteiger partial charge in [0.15, 0.2) is 12.0 Å². The molecule has 1 aromatic carbocycles. The molecule has 0 unspecified atom stereocenters. The highest BCUT2D eigenvalue weighted by atomic mass is 16.5. The van der Waals surface area contributed by atoms with Crippen molar-refractivity contribution in [3.63, 3.8) is 0 Å². The van der Waals surface area contributed by atoms with Crippen molar-refractivity contribution in [2.45, 2.75) is 32.9 Å². The van der Waals surface area contributed by atoms with Crippen molar-refractivity contribution < 1.29 is 19.1 Å². The van der Waals surface area contributed by atoms with Crippen LogP contribution in [0.1, 0.15) is 37.0 Å². The predicted octanol–water partition coefficient (Wildman–Crippen LogP) is 2.16. The first-order valence-electron chi connectivity index (χ1n) is 7.17. The molecule has 0 aromatic heterocycles. The van der Waals surface area contributed by atoms with Crippen LogP contribution in [0.15, 0.2) is 24.3 Å². The molecule has 0 radical (unpaired) electrons. The van der Waals surface area contributed by atoms with E-state index < -0.39 is 5.41 Å². The fourth-order valence-corrected chi connectivity index (χ4v) is 2.60. The van der Waals surface area contributed by atoms with Crippen molar-refractivity contribution in [2.24, 2.45) is 5.41 Å². The summed E-state index contributed by atoms with van der Waals surface area (Å²) >= 11 is 0. The summed E-state index contributed by atoms with van der Waals surface area (Å²) in [7, 11) is 1.49. The monoisotopic (exact) mass is 291 g/mol. The molecule has 1 aromatic rings. The van der Waals surface area contributed by atoms with Gasteiger partial charge in [0.05, 0.1) is 0 Å². The highest BCUT2D eigenvalue weighted by molar-refractivity contribution is 5.97. The van der Waals surface area contributed by atoms with Crippen molar-refractivity contribution in [3.05, 3.63) is 29.8 Å². The van der Waals surface area contributed by atoms with Crippen LogP contribution in [0.2, 0.25) is 0 Å². The second-order valence-electron chi connectivity index (χ2n) is 5.22. The number of β-lactam (4-membered cyclic amide) rings is 1. The van der Waals surface area contributed by atoms with Gasteiger partial charge >= 0.3 is 0 Å². The van der Waals surface area contributed by atoms with Crippen LogP contribution in [-0.2, 0) is 9.53 Å². The lowest BCUT2D eigenvalue weighted by atomic mass is 9.73. The highest BCUT2D eigenvalue weighted by Crippen LogP contribution is 2.39. The summed E-state index contributed by atoms with van der Waals surface area (Å²) in [5.74, 6) is 0.613. The zero-order valence-electron chi connectivity index (χ0n) is 12.6. The van der Waals surface area contributed by atoms with Gasteiger partial charge < -0.3 is 14.8 Å². The Labute approximate surface area is 124 Å². The van der Waals surface area contributed by atoms with Gasteiger partial charge in [-0.1, -0.05) is 13.8 Å². The van der Waals surface area contributed by atoms with Crippen molar-refractivity contribution >= 4 is 11.7 Å². The van der Waals surface area contributed by atoms with Gasteiger partial charge in [0, 0.05) is 12.7 Å². The van der Waals surface area contributed by atoms with Crippen molar-refractivity contribution in [1.29, 1.82) is 0 Å². The average molecular weight is 291 g/mol. The number of carbonyl (C=O) groups excluding carboxylic acids is 2. The minimum absolute atomic E-state index is 0.0457. The molecule has 1 aliphatic rings. The molecule has 0 spiro atoms. The fraction of sp³-hybridized carbons (Fsp3) is 0.500. The average Bonchev–Trinajstić information content (AvgIpc) is 2.49. The highest BCUT2D eigenvalue weighted by Gasteiger charge is 2.54. The van der Waals surface area contributed by atoms with E-state index in [9.17, 15) is 9.59 Å². The maximum atomic E-state index is 11.8. The topological polar surface area (TPSA) is 64.6 Å². The Morgan fingerprint density at radius 1 is 1.24 bits per heavy atom. The number of methoxy groups -OCH3 is 1. The first-order valence-corrected chi connectivity index (χ1v) is 7.17. The Bertz CT molecular complexity index is 520. The van der Waals surface area contributed by atoms with E-state index in [0.717, 1.165) is 12.8 Å². The number of ether oxygens (including phenoxy) is 2. The van der Waals surface area contributed by atoms with Gasteiger partial charge in [-0.05, 0) is 37.1 Å². The molecule has 1 amide bonds. The first kappa shape index (κ1) is 15.5. The number of rotatable bonds is 7. The normalized spacial score (nSPS) is 19.6. The van der Waals surface area contributed by atoms with Crippen LogP contribution in [0.5, 0.6) is 5.75 Å². The number of hydrogen-bond donors (Lipinski definition) is 1. The van der Waals surface area contributed by atoms with Crippen LogP contribution < -0.4 is 10.1 Å². The molecular weight excluding hydrogens is 270 g/mol. The molecule has 1 heterocycles. The number of benzene rings is 1. The summed E-state index contributed by atoms with van der Waals surface area (Å²) in [6.07, 6.45) is 1.18. The lowest BCUT2D eigenvalue weighted by Gasteiger charge is -2.47. The van der Waals surface area contributed by atoms with Gasteiger partial charge in [0.25, 0.3) is 0 Å². The summed E-state index contributed by atoms with van der Waals surface area (Å²) in [5.41, 5.74) is 0.143. The minimum atomic E-state index is -0.440. The Morgan fingerprint density at radius 2 is 1.86 bits per heavy atom. The molecule has 1 fully saturated rings. The molecule has 0 aliphatic carbocycles. The molecule has 21 heavy (non-hydrogen) atoms. The Hall–Kier alpha value is -1.88. The summed E-state index contributed by atoms with van der Waals surface area (Å²) < 4.78 is 10.7. The summed E-state index contributed by atoms with van der Waals surface area (Å²) in [6, 6.07) is 6.89. The lowest BCUT2D eigenvalue weighted by molar-refractivity contribution is -0.161. The molecule has 1 saturated heterocycles. The largest absolute Gasteiger partial charge is 0.470 e. The molecule has 1 atom stereocenters. The molecule has 0 saturated carbocycles. The third-order valence-electron chi connectivity index (χ3n) is 4.18. The number of ketones is 1. The number of amides is 1. The minimum Gasteiger partial charge on any atom is -0.470 e. The second kappa shape index (κ2) is 6.26. The predicted molar refractivity (Wildman–Crippen MR) is 78.2 cm³/mol. The molecule has 114 valence electrons. The Morgan fingerprint density at radius 3 is 2.33 bits per heavy atom. The third-order valence-corrected chi connectivity index (χ3v) is 4.18. The van der Waals surface area contributed by atoms with Crippen molar-refractivity contribution in [1.82, 2.24) is 5.32 Å². The first-order chi connectivity index (χ1) is 10.1. The summed E-state index contributed by atoms with van der Waals surface area (Å²) in [5, 5.41) is 2.79. The Balaban J connectivity index is 2.04. The molecule has 1 N–H and O–H groups in total. The Kier molecular flexibility index (Phi) is 4.63. The van der Waals surface area contributed by atoms with Crippen LogP contribution in [0.3, 0.4) is 0 Å². The third kappa shape index (κ3) is 2.78. The van der Waals surface area contributed by atoms with Crippen LogP contribution >= 0.6 is 0 Å². The van der Waals surface area contributed by atoms with E-state index in [1.807, 2.05) is 13.8 Å². The van der Waals surface area contributed by atoms with E-state index in [0.29, 0.717) is 11.3 Å². The lowest BCUT2D eigenvalue weighted by Crippen LogP contribution is -2.69. The van der Waals surface area contributed by atoms with E-state index in [2.05, 4.69) is 5.32 Å². The molecule has 2 rings (SSSR count). The smallest absolute Gasteiger partial charge is 0.234 e. The molecule has 0 bridgehead atoms. The maximum absolute atomic E-state index is 11.8. The maximum Gasteiger partial charge on any atom is 0.234 e. The number of hydrogen-bond acceptors (Lipinski definition) is 4. The summed E-state index contributed by atoms with van der Waals surface area (Å²) in [4.78, 5) is 23.4. The quantitative estimate of drug-likeness (QED) is 0.617. The van der Waals surface area contributed by atoms with Gasteiger partial charge in [-0.2, -0.15) is 0 Å². The molecule has 5 nitrogen and oxygen atoms in total. The summed E-state index contributed by atoms with van der Waals surface area (Å²) in [6.45, 7) is 4.05. The van der Waals surface area contributed by atoms with Crippen LogP contribution in [-0.4, -0.2) is 31.6 Å². The van der Waals surface area contributed by atoms with E-state index in [-0.39, 0.29) is 24.5 Å². The van der Waals surface area contributed by atoms with Gasteiger partial charge in [0.1, 0.15) is 17.8 Å². The van der Waals surface area contributed by atoms with E-state index in [1.165, 1.54) is 7.11 Å². The molecule has 5 heteroatoms. The van der Waals surface area contributed by atoms with Gasteiger partial charge in [0.2, 0.25) is 5.91 Å². The van der Waals surface area contributed by atoms with Crippen LogP contribution in [0.4, 0.5) is 0 Å². The van der Waals surface area contributed by atoms with Gasteiger partial charge in [-0.25, -0.2) is 0 Å². The zero-order valence-corrected chi connectivity index (χ0v) is 12.6. The second-order valence-corrected chi connectivity index (χ2v) is 5.22. The SMILES string of the molecule is CCC1(CC)C(=O)N[C@H]1Oc1ccc(C(=O)COC)cc1. The number of Topliss-reactive ketones (excluding diaryl/α,β-unsaturated/α-hetero) is 1. The standard InChI is InChI=1S/C16H21NO4/c1-4-16(5-2)14(19)17-15(16)21-12-8-6-11(7-9-12)13(18)10-20-3/h6-9,15H,4-5,10H2,1-3H3,(H,17,19)/t15-/m0/s1. The number of carbonyl (C=O) groups is 2. The van der Waals surface area contributed by atoms with E-state index >= 15 is 0 Å². The van der Waals surface area contributed by atoms with Gasteiger partial charge in [-0.3, -0.25) is 9.59 Å². The fourth-order valence-electron chi connectivity index (χ4n) is 2.60. The van der Waals surface area contributed by atoms with E-state index in [1.54, 1.807) is 24.3 Å². The van der Waals surface area contributed by atoms with Crippen LogP contribution in [0, 0.1) is 5.41 Å². The zero-order chi connectivity index (χ0) is 15.5. The van der Waals surface area contributed by atoms with Crippen molar-refractivity contribution in [2.75, 3.05) is 13.7 Å². The van der Waals surface area contributed by atoms with Crippen LogP contribution in [0.25, 0.3) is 0 Å². The molecule has 1 aliphatic heterocycles. The van der Waals surface area contributed by atoms with Crippen molar-refractivity contribution in [3.8, 4) is 5.75 Å². The van der Waals surface area contributed by atoms with E-state index in [4.69, 9.17) is 9.47 Å².